The number of rotatable bonds is 10. The molecule has 0 aliphatic carbocycles. The summed E-state index contributed by atoms with van der Waals surface area (Å²) < 4.78 is 5.09. The van der Waals surface area contributed by atoms with Crippen LogP contribution in [0.1, 0.15) is 35.1 Å². The van der Waals surface area contributed by atoms with Crippen molar-refractivity contribution in [3.8, 4) is 0 Å². The number of carbonyl (C=O) groups excluding carboxylic acids is 2. The zero-order valence-corrected chi connectivity index (χ0v) is 20.5. The zero-order valence-electron chi connectivity index (χ0n) is 20.5. The molecule has 0 saturated carbocycles. The molecule has 36 heavy (non-hydrogen) atoms. The van der Waals surface area contributed by atoms with Gasteiger partial charge >= 0.3 is 5.97 Å². The van der Waals surface area contributed by atoms with Gasteiger partial charge in [0.25, 0.3) is 0 Å². The van der Waals surface area contributed by atoms with E-state index in [-0.39, 0.29) is 5.91 Å². The Bertz CT molecular complexity index is 1150. The molecule has 0 radical (unpaired) electrons. The van der Waals surface area contributed by atoms with Crippen molar-refractivity contribution in [3.63, 3.8) is 0 Å². The molecular formula is C32H31NO3. The van der Waals surface area contributed by atoms with Crippen molar-refractivity contribution in [3.05, 3.63) is 144 Å². The van der Waals surface area contributed by atoms with Crippen LogP contribution in [0.5, 0.6) is 0 Å². The fourth-order valence-electron chi connectivity index (χ4n) is 4.77. The van der Waals surface area contributed by atoms with Crippen molar-refractivity contribution in [2.45, 2.75) is 30.7 Å². The van der Waals surface area contributed by atoms with E-state index in [1.807, 2.05) is 109 Å². The number of esters is 1. The summed E-state index contributed by atoms with van der Waals surface area (Å²) in [6.45, 7) is 0. The van der Waals surface area contributed by atoms with Gasteiger partial charge in [-0.25, -0.2) is 4.79 Å². The van der Waals surface area contributed by atoms with E-state index in [1.54, 1.807) is 0 Å². The maximum absolute atomic E-state index is 14.4. The number of aryl methyl sites for hydroxylation is 1. The van der Waals surface area contributed by atoms with Crippen LogP contribution in [0.15, 0.2) is 121 Å². The van der Waals surface area contributed by atoms with E-state index in [0.29, 0.717) is 6.42 Å². The van der Waals surface area contributed by atoms with E-state index < -0.39 is 17.4 Å². The van der Waals surface area contributed by atoms with Crippen molar-refractivity contribution in [2.75, 3.05) is 7.11 Å². The lowest BCUT2D eigenvalue weighted by atomic mass is 9.68. The lowest BCUT2D eigenvalue weighted by Crippen LogP contribution is -2.52. The molecule has 4 rings (SSSR count). The Morgan fingerprint density at radius 1 is 0.694 bits per heavy atom. The van der Waals surface area contributed by atoms with Crippen LogP contribution in [0.3, 0.4) is 0 Å². The number of nitrogens with one attached hydrogen (secondary N) is 1. The Hall–Kier alpha value is -4.18. The Morgan fingerprint density at radius 2 is 1.11 bits per heavy atom. The van der Waals surface area contributed by atoms with Crippen molar-refractivity contribution in [2.24, 2.45) is 0 Å². The summed E-state index contributed by atoms with van der Waals surface area (Å²) in [5.74, 6) is -0.708. The van der Waals surface area contributed by atoms with Crippen LogP contribution in [0.25, 0.3) is 0 Å². The smallest absolute Gasteiger partial charge is 0.328 e. The Balaban J connectivity index is 1.72. The molecule has 0 saturated heterocycles. The van der Waals surface area contributed by atoms with E-state index in [9.17, 15) is 9.59 Å². The number of ether oxygens (including phenoxy) is 1. The number of hydrogen-bond acceptors (Lipinski definition) is 3. The minimum absolute atomic E-state index is 0.263. The third-order valence-corrected chi connectivity index (χ3v) is 6.55. The Labute approximate surface area is 213 Å². The van der Waals surface area contributed by atoms with Gasteiger partial charge in [0.05, 0.1) is 7.11 Å². The van der Waals surface area contributed by atoms with Gasteiger partial charge in [-0.15, -0.1) is 0 Å². The van der Waals surface area contributed by atoms with Gasteiger partial charge in [0, 0.05) is 0 Å². The molecule has 0 unspecified atom stereocenters. The maximum atomic E-state index is 14.4. The number of methoxy groups -OCH3 is 1. The zero-order chi connectivity index (χ0) is 25.2. The molecule has 1 atom stereocenters. The summed E-state index contributed by atoms with van der Waals surface area (Å²) >= 11 is 0. The standard InChI is InChI=1S/C32H31NO3/c1-36-30(34)29(24-14-17-25-15-6-2-7-16-25)33-31(35)32(26-18-8-3-9-19-26,27-20-10-4-11-21-27)28-22-12-5-13-23-28/h2-13,15-16,18-23,29H,14,17,24H2,1H3,(H,33,35)/t29-/m1/s1. The average molecular weight is 478 g/mol. The first-order chi connectivity index (χ1) is 17.7. The molecular weight excluding hydrogens is 446 g/mol. The molecule has 4 nitrogen and oxygen atoms in total. The molecule has 0 spiro atoms. The first-order valence-electron chi connectivity index (χ1n) is 12.3. The van der Waals surface area contributed by atoms with Gasteiger partial charge in [-0.3, -0.25) is 4.79 Å². The molecule has 0 fully saturated rings. The SMILES string of the molecule is COC(=O)[C@@H](CCCc1ccccc1)NC(=O)C(c1ccccc1)(c1ccccc1)c1ccccc1. The summed E-state index contributed by atoms with van der Waals surface area (Å²) in [6.07, 6.45) is 2.02. The van der Waals surface area contributed by atoms with Crippen LogP contribution in [0.2, 0.25) is 0 Å². The predicted octanol–water partition coefficient (Wildman–Crippen LogP) is 5.70. The fraction of sp³-hybridized carbons (Fsp3) is 0.188. The van der Waals surface area contributed by atoms with Crippen molar-refractivity contribution < 1.29 is 14.3 Å². The van der Waals surface area contributed by atoms with Gasteiger partial charge in [-0.1, -0.05) is 121 Å². The van der Waals surface area contributed by atoms with Gasteiger partial charge < -0.3 is 10.1 Å². The van der Waals surface area contributed by atoms with Crippen LogP contribution in [0.4, 0.5) is 0 Å². The maximum Gasteiger partial charge on any atom is 0.328 e. The minimum Gasteiger partial charge on any atom is -0.467 e. The quantitative estimate of drug-likeness (QED) is 0.235. The number of carbonyl (C=O) groups is 2. The average Bonchev–Trinajstić information content (AvgIpc) is 2.95. The highest BCUT2D eigenvalue weighted by atomic mass is 16.5. The van der Waals surface area contributed by atoms with Crippen LogP contribution in [-0.4, -0.2) is 25.0 Å². The summed E-state index contributed by atoms with van der Waals surface area (Å²) in [6, 6.07) is 38.5. The van der Waals surface area contributed by atoms with Crippen LogP contribution < -0.4 is 5.32 Å². The molecule has 1 N–H and O–H groups in total. The van der Waals surface area contributed by atoms with Crippen LogP contribution in [0, 0.1) is 0 Å². The number of amides is 1. The molecule has 182 valence electrons. The second-order valence-electron chi connectivity index (χ2n) is 8.78. The Morgan fingerprint density at radius 3 is 1.53 bits per heavy atom. The number of benzene rings is 4. The summed E-state index contributed by atoms with van der Waals surface area (Å²) in [4.78, 5) is 27.2. The Kier molecular flexibility index (Phi) is 8.30. The van der Waals surface area contributed by atoms with Crippen molar-refractivity contribution in [1.82, 2.24) is 5.32 Å². The van der Waals surface area contributed by atoms with E-state index >= 15 is 0 Å². The van der Waals surface area contributed by atoms with Crippen LogP contribution in [-0.2, 0) is 26.2 Å². The highest BCUT2D eigenvalue weighted by Gasteiger charge is 2.45. The topological polar surface area (TPSA) is 55.4 Å². The molecule has 0 bridgehead atoms. The molecule has 4 aromatic carbocycles. The molecule has 4 heteroatoms. The van der Waals surface area contributed by atoms with Crippen molar-refractivity contribution >= 4 is 11.9 Å². The molecule has 0 aliphatic rings. The second kappa shape index (κ2) is 12.0. The monoisotopic (exact) mass is 477 g/mol. The van der Waals surface area contributed by atoms with Gasteiger partial charge in [0.1, 0.15) is 11.5 Å². The minimum atomic E-state index is -1.14. The first-order valence-corrected chi connectivity index (χ1v) is 12.3. The highest BCUT2D eigenvalue weighted by Crippen LogP contribution is 2.39. The predicted molar refractivity (Wildman–Crippen MR) is 143 cm³/mol. The van der Waals surface area contributed by atoms with E-state index in [2.05, 4.69) is 17.4 Å². The molecule has 1 amide bonds. The van der Waals surface area contributed by atoms with Gasteiger partial charge in [-0.2, -0.15) is 0 Å². The normalized spacial score (nSPS) is 11.9. The van der Waals surface area contributed by atoms with Gasteiger partial charge in [-0.05, 0) is 41.5 Å². The second-order valence-corrected chi connectivity index (χ2v) is 8.78. The molecule has 4 aromatic rings. The molecule has 0 aliphatic heterocycles. The largest absolute Gasteiger partial charge is 0.467 e. The third kappa shape index (κ3) is 5.38. The number of hydrogen-bond donors (Lipinski definition) is 1. The van der Waals surface area contributed by atoms with Gasteiger partial charge in [0.15, 0.2) is 0 Å². The van der Waals surface area contributed by atoms with E-state index in [4.69, 9.17) is 4.74 Å². The van der Waals surface area contributed by atoms with Crippen molar-refractivity contribution in [1.29, 1.82) is 0 Å². The lowest BCUT2D eigenvalue weighted by molar-refractivity contribution is -0.145. The van der Waals surface area contributed by atoms with Gasteiger partial charge in [0.2, 0.25) is 5.91 Å². The fourth-order valence-corrected chi connectivity index (χ4v) is 4.77. The molecule has 0 heterocycles. The van der Waals surface area contributed by atoms with E-state index in [0.717, 1.165) is 29.5 Å². The third-order valence-electron chi connectivity index (χ3n) is 6.55. The lowest BCUT2D eigenvalue weighted by Gasteiger charge is -2.35. The first kappa shape index (κ1) is 24.9. The summed E-state index contributed by atoms with van der Waals surface area (Å²) in [5.41, 5.74) is 2.53. The summed E-state index contributed by atoms with van der Waals surface area (Å²) in [5, 5.41) is 3.08. The summed E-state index contributed by atoms with van der Waals surface area (Å²) in [7, 11) is 1.36. The van der Waals surface area contributed by atoms with E-state index in [1.165, 1.54) is 12.7 Å². The highest BCUT2D eigenvalue weighted by molar-refractivity contribution is 5.98. The van der Waals surface area contributed by atoms with Crippen LogP contribution >= 0.6 is 0 Å². The molecule has 0 aromatic heterocycles.